The van der Waals surface area contributed by atoms with Crippen molar-refractivity contribution in [3.63, 3.8) is 0 Å². The summed E-state index contributed by atoms with van der Waals surface area (Å²) in [4.78, 5) is 14.9. The van der Waals surface area contributed by atoms with Crippen LogP contribution < -0.4 is 0 Å². The van der Waals surface area contributed by atoms with Gasteiger partial charge in [-0.25, -0.2) is 4.79 Å². The second-order valence-corrected chi connectivity index (χ2v) is 3.99. The average molecular weight is 285 g/mol. The molecule has 0 radical (unpaired) electrons. The van der Waals surface area contributed by atoms with E-state index in [1.54, 1.807) is 12.3 Å². The zero-order chi connectivity index (χ0) is 9.84. The normalized spacial score (nSPS) is 10.2. The van der Waals surface area contributed by atoms with Crippen molar-refractivity contribution in [3.05, 3.63) is 28.5 Å². The van der Waals surface area contributed by atoms with Crippen LogP contribution in [0.5, 0.6) is 0 Å². The summed E-state index contributed by atoms with van der Waals surface area (Å²) in [5, 5.41) is -1.16. The van der Waals surface area contributed by atoms with E-state index in [2.05, 4.69) is 25.7 Å². The molecule has 1 heterocycles. The molecule has 0 amide bonds. The standard InChI is InChI=1S/C7H4BrCl2NO2/c8-5-1-4(2-11-3-5)6(12)13-7(9)10/h1-3,7H. The number of aromatic nitrogens is 1. The van der Waals surface area contributed by atoms with Crippen molar-refractivity contribution in [1.29, 1.82) is 0 Å². The number of nitrogens with zero attached hydrogens (tertiary/aromatic N) is 1. The van der Waals surface area contributed by atoms with E-state index in [4.69, 9.17) is 23.2 Å². The number of rotatable bonds is 2. The van der Waals surface area contributed by atoms with Crippen molar-refractivity contribution in [1.82, 2.24) is 4.98 Å². The summed E-state index contributed by atoms with van der Waals surface area (Å²) in [5.41, 5.74) is 0.292. The Labute approximate surface area is 93.1 Å². The van der Waals surface area contributed by atoms with Gasteiger partial charge in [0, 0.05) is 16.9 Å². The monoisotopic (exact) mass is 283 g/mol. The molecule has 3 nitrogen and oxygen atoms in total. The van der Waals surface area contributed by atoms with Crippen molar-refractivity contribution < 1.29 is 9.53 Å². The molecule has 13 heavy (non-hydrogen) atoms. The SMILES string of the molecule is O=C(OC(Cl)Cl)c1cncc(Br)c1. The maximum atomic E-state index is 11.2. The second kappa shape index (κ2) is 4.79. The minimum Gasteiger partial charge on any atom is -0.428 e. The quantitative estimate of drug-likeness (QED) is 0.619. The molecule has 0 aliphatic carbocycles. The summed E-state index contributed by atoms with van der Waals surface area (Å²) in [7, 11) is 0. The molecule has 0 atom stereocenters. The first kappa shape index (κ1) is 10.8. The smallest absolute Gasteiger partial charge is 0.342 e. The van der Waals surface area contributed by atoms with Gasteiger partial charge in [-0.1, -0.05) is 23.2 Å². The largest absolute Gasteiger partial charge is 0.428 e. The molecule has 0 N–H and O–H groups in total. The highest BCUT2D eigenvalue weighted by Crippen LogP contribution is 2.13. The number of pyridine rings is 1. The molecule has 0 spiro atoms. The fourth-order valence-electron chi connectivity index (χ4n) is 0.672. The first-order valence-corrected chi connectivity index (χ1v) is 4.86. The van der Waals surface area contributed by atoms with Crippen molar-refractivity contribution in [3.8, 4) is 0 Å². The fraction of sp³-hybridized carbons (Fsp3) is 0.143. The number of halogens is 3. The lowest BCUT2D eigenvalue weighted by Crippen LogP contribution is -2.08. The van der Waals surface area contributed by atoms with Gasteiger partial charge in [-0.2, -0.15) is 0 Å². The third kappa shape index (κ3) is 3.50. The first-order chi connectivity index (χ1) is 6.09. The number of carbonyl (C=O) groups is 1. The maximum Gasteiger partial charge on any atom is 0.342 e. The lowest BCUT2D eigenvalue weighted by atomic mass is 10.3. The summed E-state index contributed by atoms with van der Waals surface area (Å²) in [5.74, 6) is -0.608. The van der Waals surface area contributed by atoms with Crippen LogP contribution in [0.2, 0.25) is 0 Å². The van der Waals surface area contributed by atoms with Crippen LogP contribution in [0.3, 0.4) is 0 Å². The fourth-order valence-corrected chi connectivity index (χ4v) is 1.20. The Bertz CT molecular complexity index is 319. The van der Waals surface area contributed by atoms with Gasteiger partial charge in [-0.15, -0.1) is 0 Å². The Kier molecular flexibility index (Phi) is 3.96. The highest BCUT2D eigenvalue weighted by Gasteiger charge is 2.11. The molecule has 0 unspecified atom stereocenters. The summed E-state index contributed by atoms with van der Waals surface area (Å²) in [6.07, 6.45) is 2.92. The molecule has 6 heteroatoms. The van der Waals surface area contributed by atoms with Gasteiger partial charge in [-0.3, -0.25) is 4.98 Å². The molecule has 0 aliphatic rings. The number of carbonyl (C=O) groups excluding carboxylic acids is 1. The molecule has 1 aromatic rings. The van der Waals surface area contributed by atoms with Crippen LogP contribution in [-0.2, 0) is 4.74 Å². The van der Waals surface area contributed by atoms with Gasteiger partial charge >= 0.3 is 5.97 Å². The first-order valence-electron chi connectivity index (χ1n) is 3.19. The summed E-state index contributed by atoms with van der Waals surface area (Å²) in [6.45, 7) is 0. The van der Waals surface area contributed by atoms with E-state index >= 15 is 0 Å². The molecule has 0 fully saturated rings. The van der Waals surface area contributed by atoms with Gasteiger partial charge in [-0.05, 0) is 22.0 Å². The third-order valence-electron chi connectivity index (χ3n) is 1.14. The molecule has 70 valence electrons. The Morgan fingerprint density at radius 1 is 1.54 bits per heavy atom. The Balaban J connectivity index is 2.77. The van der Waals surface area contributed by atoms with E-state index in [0.717, 1.165) is 0 Å². The zero-order valence-electron chi connectivity index (χ0n) is 6.21. The van der Waals surface area contributed by atoms with Crippen molar-refractivity contribution in [2.75, 3.05) is 0 Å². The van der Waals surface area contributed by atoms with Crippen LogP contribution in [0.1, 0.15) is 10.4 Å². The van der Waals surface area contributed by atoms with E-state index in [0.29, 0.717) is 10.0 Å². The van der Waals surface area contributed by atoms with Crippen LogP contribution >= 0.6 is 39.1 Å². The Morgan fingerprint density at radius 2 is 2.23 bits per heavy atom. The number of alkyl halides is 2. The highest BCUT2D eigenvalue weighted by molar-refractivity contribution is 9.10. The molecular weight excluding hydrogens is 281 g/mol. The van der Waals surface area contributed by atoms with Crippen LogP contribution in [0.4, 0.5) is 0 Å². The molecule has 1 rings (SSSR count). The molecule has 1 aromatic heterocycles. The van der Waals surface area contributed by atoms with Gasteiger partial charge in [0.15, 0.2) is 0 Å². The lowest BCUT2D eigenvalue weighted by molar-refractivity contribution is 0.0535. The molecule has 0 bridgehead atoms. The molecule has 0 aliphatic heterocycles. The average Bonchev–Trinajstić information content (AvgIpc) is 2.03. The predicted octanol–water partition coefficient (Wildman–Crippen LogP) is 2.76. The number of hydrogen-bond donors (Lipinski definition) is 0. The Morgan fingerprint density at radius 3 is 2.77 bits per heavy atom. The summed E-state index contributed by atoms with van der Waals surface area (Å²) >= 11 is 13.7. The van der Waals surface area contributed by atoms with Crippen molar-refractivity contribution >= 4 is 45.1 Å². The number of esters is 1. The maximum absolute atomic E-state index is 11.2. The number of hydrogen-bond acceptors (Lipinski definition) is 3. The van der Waals surface area contributed by atoms with Crippen LogP contribution in [0.15, 0.2) is 22.9 Å². The topological polar surface area (TPSA) is 39.2 Å². The molecule has 0 aromatic carbocycles. The molecular formula is C7H4BrCl2NO2. The predicted molar refractivity (Wildman–Crippen MR) is 52.8 cm³/mol. The van der Waals surface area contributed by atoms with Crippen molar-refractivity contribution in [2.45, 2.75) is 5.02 Å². The molecule has 0 saturated carbocycles. The van der Waals surface area contributed by atoms with Crippen LogP contribution in [0, 0.1) is 0 Å². The van der Waals surface area contributed by atoms with Crippen LogP contribution in [-0.4, -0.2) is 16.0 Å². The van der Waals surface area contributed by atoms with Gasteiger partial charge in [0.05, 0.1) is 5.56 Å². The van der Waals surface area contributed by atoms with E-state index < -0.39 is 11.0 Å². The summed E-state index contributed by atoms with van der Waals surface area (Å²) < 4.78 is 5.21. The minimum absolute atomic E-state index is 0.292. The lowest BCUT2D eigenvalue weighted by Gasteiger charge is -2.03. The van der Waals surface area contributed by atoms with E-state index in [1.165, 1.54) is 6.20 Å². The summed E-state index contributed by atoms with van der Waals surface area (Å²) in [6, 6.07) is 1.56. The Hall–Kier alpha value is -0.320. The van der Waals surface area contributed by atoms with E-state index in [1.807, 2.05) is 0 Å². The molecule has 0 saturated heterocycles. The van der Waals surface area contributed by atoms with Gasteiger partial charge in [0.2, 0.25) is 0 Å². The minimum atomic E-state index is -1.16. The third-order valence-corrected chi connectivity index (χ3v) is 1.75. The van der Waals surface area contributed by atoms with Gasteiger partial charge in [0.25, 0.3) is 5.02 Å². The van der Waals surface area contributed by atoms with Gasteiger partial charge in [0.1, 0.15) is 0 Å². The second-order valence-electron chi connectivity index (χ2n) is 2.06. The number of ether oxygens (including phenoxy) is 1. The van der Waals surface area contributed by atoms with E-state index in [9.17, 15) is 4.79 Å². The highest BCUT2D eigenvalue weighted by atomic mass is 79.9. The van der Waals surface area contributed by atoms with E-state index in [-0.39, 0.29) is 0 Å². The van der Waals surface area contributed by atoms with Crippen LogP contribution in [0.25, 0.3) is 0 Å². The van der Waals surface area contributed by atoms with Crippen molar-refractivity contribution in [2.24, 2.45) is 0 Å². The zero-order valence-corrected chi connectivity index (χ0v) is 9.30. The van der Waals surface area contributed by atoms with Gasteiger partial charge < -0.3 is 4.74 Å².